The summed E-state index contributed by atoms with van der Waals surface area (Å²) in [7, 11) is 0. The SMILES string of the molecule is CCCCOc1ccccc1N(CC1COCO1)C(=O)CCl. The number of rotatable bonds is 8. The molecule has 1 saturated heterocycles. The Hall–Kier alpha value is -1.30. The molecular formula is C16H22ClNO4. The maximum atomic E-state index is 12.2. The number of ether oxygens (including phenoxy) is 3. The Labute approximate surface area is 136 Å². The average Bonchev–Trinajstić information content (AvgIpc) is 3.06. The molecule has 0 saturated carbocycles. The van der Waals surface area contributed by atoms with E-state index in [0.29, 0.717) is 25.5 Å². The molecule has 1 unspecified atom stereocenters. The van der Waals surface area contributed by atoms with Crippen LogP contribution in [-0.4, -0.2) is 44.4 Å². The van der Waals surface area contributed by atoms with Gasteiger partial charge in [0.25, 0.3) is 0 Å². The van der Waals surface area contributed by atoms with Crippen LogP contribution in [0.15, 0.2) is 24.3 Å². The summed E-state index contributed by atoms with van der Waals surface area (Å²) in [4.78, 5) is 13.8. The third-order valence-corrected chi connectivity index (χ3v) is 3.63. The lowest BCUT2D eigenvalue weighted by atomic mass is 10.2. The Balaban J connectivity index is 2.16. The molecule has 0 bridgehead atoms. The van der Waals surface area contributed by atoms with Gasteiger partial charge < -0.3 is 19.1 Å². The summed E-state index contributed by atoms with van der Waals surface area (Å²) in [5, 5.41) is 0. The molecule has 2 rings (SSSR count). The first-order chi connectivity index (χ1) is 10.8. The van der Waals surface area contributed by atoms with Crippen LogP contribution in [0.4, 0.5) is 5.69 Å². The number of hydrogen-bond acceptors (Lipinski definition) is 4. The molecule has 0 N–H and O–H groups in total. The van der Waals surface area contributed by atoms with E-state index in [4.69, 9.17) is 25.8 Å². The van der Waals surface area contributed by atoms with E-state index in [1.165, 1.54) is 0 Å². The first kappa shape index (κ1) is 17.1. The average molecular weight is 328 g/mol. The van der Waals surface area contributed by atoms with Gasteiger partial charge in [-0.05, 0) is 18.6 Å². The minimum absolute atomic E-state index is 0.0864. The predicted molar refractivity (Wildman–Crippen MR) is 85.6 cm³/mol. The van der Waals surface area contributed by atoms with Crippen molar-refractivity contribution in [2.24, 2.45) is 0 Å². The van der Waals surface area contributed by atoms with Crippen LogP contribution in [0.2, 0.25) is 0 Å². The molecule has 1 aromatic rings. The lowest BCUT2D eigenvalue weighted by Crippen LogP contribution is -2.39. The van der Waals surface area contributed by atoms with Gasteiger partial charge in [-0.25, -0.2) is 0 Å². The Morgan fingerprint density at radius 3 is 2.95 bits per heavy atom. The number of anilines is 1. The summed E-state index contributed by atoms with van der Waals surface area (Å²) in [6, 6.07) is 7.50. The Morgan fingerprint density at radius 2 is 2.27 bits per heavy atom. The molecule has 0 radical (unpaired) electrons. The molecule has 1 aliphatic rings. The van der Waals surface area contributed by atoms with Gasteiger partial charge in [-0.2, -0.15) is 0 Å². The second kappa shape index (κ2) is 8.98. The van der Waals surface area contributed by atoms with Gasteiger partial charge >= 0.3 is 0 Å². The molecule has 0 aromatic heterocycles. The van der Waals surface area contributed by atoms with E-state index in [0.717, 1.165) is 18.5 Å². The van der Waals surface area contributed by atoms with Crippen molar-refractivity contribution in [2.75, 3.05) is 37.3 Å². The highest BCUT2D eigenvalue weighted by Crippen LogP contribution is 2.29. The predicted octanol–water partition coefficient (Wildman–Crippen LogP) is 2.81. The summed E-state index contributed by atoms with van der Waals surface area (Å²) < 4.78 is 16.4. The summed E-state index contributed by atoms with van der Waals surface area (Å²) >= 11 is 5.76. The molecule has 6 heteroatoms. The third kappa shape index (κ3) is 4.60. The highest BCUT2D eigenvalue weighted by atomic mass is 35.5. The summed E-state index contributed by atoms with van der Waals surface area (Å²) in [6.07, 6.45) is 1.88. The second-order valence-corrected chi connectivity index (χ2v) is 5.35. The lowest BCUT2D eigenvalue weighted by molar-refractivity contribution is -0.116. The fourth-order valence-corrected chi connectivity index (χ4v) is 2.36. The van der Waals surface area contributed by atoms with Crippen LogP contribution >= 0.6 is 11.6 Å². The minimum atomic E-state index is -0.177. The zero-order chi connectivity index (χ0) is 15.8. The van der Waals surface area contributed by atoms with Crippen molar-refractivity contribution in [2.45, 2.75) is 25.9 Å². The molecule has 1 atom stereocenters. The van der Waals surface area contributed by atoms with Gasteiger partial charge in [-0.1, -0.05) is 25.5 Å². The van der Waals surface area contributed by atoms with Crippen LogP contribution in [-0.2, 0) is 14.3 Å². The highest BCUT2D eigenvalue weighted by molar-refractivity contribution is 6.29. The van der Waals surface area contributed by atoms with Gasteiger partial charge in [0.1, 0.15) is 24.5 Å². The first-order valence-electron chi connectivity index (χ1n) is 7.53. The highest BCUT2D eigenvalue weighted by Gasteiger charge is 2.25. The van der Waals surface area contributed by atoms with Crippen LogP contribution in [0.25, 0.3) is 0 Å². The van der Waals surface area contributed by atoms with Crippen LogP contribution in [0.5, 0.6) is 5.75 Å². The molecule has 0 aliphatic carbocycles. The zero-order valence-electron chi connectivity index (χ0n) is 12.8. The van der Waals surface area contributed by atoms with Crippen molar-refractivity contribution < 1.29 is 19.0 Å². The molecule has 22 heavy (non-hydrogen) atoms. The number of carbonyl (C=O) groups excluding carboxylic acids is 1. The van der Waals surface area contributed by atoms with Gasteiger partial charge in [0.05, 0.1) is 25.4 Å². The topological polar surface area (TPSA) is 48.0 Å². The van der Waals surface area contributed by atoms with Gasteiger partial charge in [0.2, 0.25) is 5.91 Å². The maximum Gasteiger partial charge on any atom is 0.242 e. The number of amides is 1. The quantitative estimate of drug-likeness (QED) is 0.544. The lowest BCUT2D eigenvalue weighted by Gasteiger charge is -2.26. The molecule has 1 amide bonds. The Kier molecular flexibility index (Phi) is 6.96. The molecule has 1 aliphatic heterocycles. The number of para-hydroxylation sites is 2. The van der Waals surface area contributed by atoms with E-state index < -0.39 is 0 Å². The molecule has 1 aromatic carbocycles. The normalized spacial score (nSPS) is 17.5. The van der Waals surface area contributed by atoms with Gasteiger partial charge in [-0.3, -0.25) is 4.79 Å². The van der Waals surface area contributed by atoms with E-state index in [1.54, 1.807) is 4.90 Å². The van der Waals surface area contributed by atoms with Crippen molar-refractivity contribution in [3.63, 3.8) is 0 Å². The van der Waals surface area contributed by atoms with Crippen LogP contribution in [0, 0.1) is 0 Å². The van der Waals surface area contributed by atoms with Gasteiger partial charge in [-0.15, -0.1) is 11.6 Å². The van der Waals surface area contributed by atoms with E-state index >= 15 is 0 Å². The standard InChI is InChI=1S/C16H22ClNO4/c1-2-3-8-21-15-7-5-4-6-14(15)18(16(19)9-17)10-13-11-20-12-22-13/h4-7,13H,2-3,8-12H2,1H3. The van der Waals surface area contributed by atoms with E-state index in [1.807, 2.05) is 24.3 Å². The number of halogens is 1. The monoisotopic (exact) mass is 327 g/mol. The number of alkyl halides is 1. The molecular weight excluding hydrogens is 306 g/mol. The smallest absolute Gasteiger partial charge is 0.242 e. The number of benzene rings is 1. The second-order valence-electron chi connectivity index (χ2n) is 5.09. The molecule has 1 heterocycles. The number of unbranched alkanes of at least 4 members (excludes halogenated alkanes) is 1. The fourth-order valence-electron chi connectivity index (χ4n) is 2.22. The van der Waals surface area contributed by atoms with Crippen molar-refractivity contribution >= 4 is 23.2 Å². The van der Waals surface area contributed by atoms with Gasteiger partial charge in [0, 0.05) is 0 Å². The van der Waals surface area contributed by atoms with Crippen LogP contribution in [0.1, 0.15) is 19.8 Å². The van der Waals surface area contributed by atoms with Crippen molar-refractivity contribution in [3.05, 3.63) is 24.3 Å². The van der Waals surface area contributed by atoms with Crippen molar-refractivity contribution in [3.8, 4) is 5.75 Å². The van der Waals surface area contributed by atoms with E-state index in [-0.39, 0.29) is 24.7 Å². The summed E-state index contributed by atoms with van der Waals surface area (Å²) in [5.41, 5.74) is 0.722. The molecule has 0 spiro atoms. The Bertz CT molecular complexity index is 477. The van der Waals surface area contributed by atoms with Gasteiger partial charge in [0.15, 0.2) is 0 Å². The van der Waals surface area contributed by atoms with Crippen LogP contribution in [0.3, 0.4) is 0 Å². The molecule has 122 valence electrons. The van der Waals surface area contributed by atoms with Crippen LogP contribution < -0.4 is 9.64 Å². The number of hydrogen-bond donors (Lipinski definition) is 0. The minimum Gasteiger partial charge on any atom is -0.491 e. The first-order valence-corrected chi connectivity index (χ1v) is 8.07. The van der Waals surface area contributed by atoms with E-state index in [9.17, 15) is 4.79 Å². The zero-order valence-corrected chi connectivity index (χ0v) is 13.6. The van der Waals surface area contributed by atoms with Crippen molar-refractivity contribution in [1.82, 2.24) is 0 Å². The third-order valence-electron chi connectivity index (χ3n) is 3.40. The Morgan fingerprint density at radius 1 is 1.45 bits per heavy atom. The van der Waals surface area contributed by atoms with Crippen molar-refractivity contribution in [1.29, 1.82) is 0 Å². The number of carbonyl (C=O) groups is 1. The van der Waals surface area contributed by atoms with E-state index in [2.05, 4.69) is 6.92 Å². The molecule has 1 fully saturated rings. The molecule has 5 nitrogen and oxygen atoms in total. The summed E-state index contributed by atoms with van der Waals surface area (Å²) in [5.74, 6) is 0.425. The largest absolute Gasteiger partial charge is 0.491 e. The summed E-state index contributed by atoms with van der Waals surface area (Å²) in [6.45, 7) is 3.88. The number of nitrogens with zero attached hydrogens (tertiary/aromatic N) is 1. The fraction of sp³-hybridized carbons (Fsp3) is 0.562. The maximum absolute atomic E-state index is 12.2.